The summed E-state index contributed by atoms with van der Waals surface area (Å²) in [5, 5.41) is 15.2. The van der Waals surface area contributed by atoms with E-state index in [9.17, 15) is 4.79 Å². The fourth-order valence-electron chi connectivity index (χ4n) is 3.30. The maximum Gasteiger partial charge on any atom is 0.230 e. The Kier molecular flexibility index (Phi) is 6.43. The van der Waals surface area contributed by atoms with Crippen molar-refractivity contribution in [3.05, 3.63) is 58.2 Å². The summed E-state index contributed by atoms with van der Waals surface area (Å²) >= 11 is 3.45. The summed E-state index contributed by atoms with van der Waals surface area (Å²) in [6, 6.07) is 13.5. The number of hydrogen-bond donors (Lipinski definition) is 2. The minimum atomic E-state index is -0.568. The molecule has 0 radical (unpaired) electrons. The summed E-state index contributed by atoms with van der Waals surface area (Å²) in [5.41, 5.74) is 0.928. The third-order valence-electron chi connectivity index (χ3n) is 4.81. The SMILES string of the molecule is N#Cc1cccnc1NCCNC(=O)C1(c2ccc(Br)cc2)CCOCC1. The monoisotopic (exact) mass is 428 g/mol. The molecule has 1 fully saturated rings. The lowest BCUT2D eigenvalue weighted by Crippen LogP contribution is -2.49. The molecule has 7 heteroatoms. The maximum atomic E-state index is 13.1. The first kappa shape index (κ1) is 19.3. The Hall–Kier alpha value is -2.43. The van der Waals surface area contributed by atoms with Crippen molar-refractivity contribution < 1.29 is 9.53 Å². The summed E-state index contributed by atoms with van der Waals surface area (Å²) in [7, 11) is 0. The van der Waals surface area contributed by atoms with Crippen LogP contribution in [-0.4, -0.2) is 37.2 Å². The van der Waals surface area contributed by atoms with Crippen LogP contribution in [0.1, 0.15) is 24.0 Å². The van der Waals surface area contributed by atoms with Gasteiger partial charge in [-0.3, -0.25) is 4.79 Å². The van der Waals surface area contributed by atoms with Crippen LogP contribution in [0.5, 0.6) is 0 Å². The van der Waals surface area contributed by atoms with Gasteiger partial charge in [-0.1, -0.05) is 28.1 Å². The fourth-order valence-corrected chi connectivity index (χ4v) is 3.56. The first-order chi connectivity index (χ1) is 13.2. The van der Waals surface area contributed by atoms with E-state index >= 15 is 0 Å². The van der Waals surface area contributed by atoms with Gasteiger partial charge in [0.05, 0.1) is 11.0 Å². The van der Waals surface area contributed by atoms with Gasteiger partial charge in [-0.05, 0) is 42.7 Å². The molecule has 0 bridgehead atoms. The predicted octanol–water partition coefficient (Wildman–Crippen LogP) is 2.99. The van der Waals surface area contributed by atoms with Crippen LogP contribution in [0.3, 0.4) is 0 Å². The van der Waals surface area contributed by atoms with E-state index in [-0.39, 0.29) is 5.91 Å². The maximum absolute atomic E-state index is 13.1. The van der Waals surface area contributed by atoms with E-state index in [1.54, 1.807) is 18.3 Å². The molecule has 0 spiro atoms. The second kappa shape index (κ2) is 8.98. The van der Waals surface area contributed by atoms with Crippen molar-refractivity contribution in [1.82, 2.24) is 10.3 Å². The van der Waals surface area contributed by atoms with Gasteiger partial charge >= 0.3 is 0 Å². The van der Waals surface area contributed by atoms with Crippen LogP contribution >= 0.6 is 15.9 Å². The molecule has 0 atom stereocenters. The van der Waals surface area contributed by atoms with Crippen molar-refractivity contribution >= 4 is 27.7 Å². The van der Waals surface area contributed by atoms with Gasteiger partial charge in [-0.15, -0.1) is 0 Å². The number of halogens is 1. The zero-order chi connectivity index (χ0) is 19.1. The van der Waals surface area contributed by atoms with Gasteiger partial charge in [0.15, 0.2) is 0 Å². The standard InChI is InChI=1S/C20H21BrN4O2/c21-17-5-3-16(4-6-17)20(7-12-27-13-8-20)19(26)25-11-10-24-18-15(14-22)2-1-9-23-18/h1-6,9H,7-8,10-13H2,(H,23,24)(H,25,26). The van der Waals surface area contributed by atoms with E-state index in [2.05, 4.69) is 37.6 Å². The molecule has 0 saturated carbocycles. The number of benzene rings is 1. The Morgan fingerprint density at radius 1 is 1.22 bits per heavy atom. The number of carbonyl (C=O) groups is 1. The van der Waals surface area contributed by atoms with Crippen LogP contribution in [-0.2, 0) is 14.9 Å². The van der Waals surface area contributed by atoms with Crippen molar-refractivity contribution in [2.75, 3.05) is 31.6 Å². The summed E-state index contributed by atoms with van der Waals surface area (Å²) in [6.07, 6.45) is 2.95. The zero-order valence-corrected chi connectivity index (χ0v) is 16.5. The average molecular weight is 429 g/mol. The quantitative estimate of drug-likeness (QED) is 0.690. The minimum Gasteiger partial charge on any atom is -0.381 e. The predicted molar refractivity (Wildman–Crippen MR) is 106 cm³/mol. The molecule has 1 aliphatic rings. The highest BCUT2D eigenvalue weighted by Gasteiger charge is 2.41. The smallest absolute Gasteiger partial charge is 0.230 e. The van der Waals surface area contributed by atoms with Crippen molar-refractivity contribution in [1.29, 1.82) is 5.26 Å². The molecule has 0 aliphatic carbocycles. The molecule has 1 saturated heterocycles. The molecule has 0 unspecified atom stereocenters. The summed E-state index contributed by atoms with van der Waals surface area (Å²) < 4.78 is 6.48. The number of hydrogen-bond acceptors (Lipinski definition) is 5. The Balaban J connectivity index is 1.63. The summed E-state index contributed by atoms with van der Waals surface area (Å²) in [6.45, 7) is 2.08. The van der Waals surface area contributed by atoms with Crippen LogP contribution in [0.25, 0.3) is 0 Å². The molecule has 6 nitrogen and oxygen atoms in total. The molecular weight excluding hydrogens is 408 g/mol. The molecule has 140 valence electrons. The first-order valence-electron chi connectivity index (χ1n) is 8.87. The first-order valence-corrected chi connectivity index (χ1v) is 9.66. The van der Waals surface area contributed by atoms with Gasteiger partial charge in [0.25, 0.3) is 0 Å². The second-order valence-corrected chi connectivity index (χ2v) is 7.31. The number of amides is 1. The van der Waals surface area contributed by atoms with Crippen LogP contribution in [0, 0.1) is 11.3 Å². The number of anilines is 1. The number of pyridine rings is 1. The second-order valence-electron chi connectivity index (χ2n) is 6.40. The molecular formula is C20H21BrN4O2. The highest BCUT2D eigenvalue weighted by Crippen LogP contribution is 2.35. The molecule has 1 aromatic heterocycles. The number of nitrogens with zero attached hydrogens (tertiary/aromatic N) is 2. The van der Waals surface area contributed by atoms with Crippen molar-refractivity contribution in [3.8, 4) is 6.07 Å². The number of nitrogens with one attached hydrogen (secondary N) is 2. The fraction of sp³-hybridized carbons (Fsp3) is 0.350. The van der Waals surface area contributed by atoms with E-state index in [4.69, 9.17) is 10.00 Å². The van der Waals surface area contributed by atoms with Crippen molar-refractivity contribution in [3.63, 3.8) is 0 Å². The van der Waals surface area contributed by atoms with Crippen molar-refractivity contribution in [2.24, 2.45) is 0 Å². The van der Waals surface area contributed by atoms with Gasteiger partial charge in [0, 0.05) is 37.0 Å². The van der Waals surface area contributed by atoms with Crippen LogP contribution < -0.4 is 10.6 Å². The van der Waals surface area contributed by atoms with E-state index in [1.807, 2.05) is 24.3 Å². The van der Waals surface area contributed by atoms with Crippen molar-refractivity contribution in [2.45, 2.75) is 18.3 Å². The molecule has 3 rings (SSSR count). The molecule has 1 amide bonds. The van der Waals surface area contributed by atoms with E-state index in [0.717, 1.165) is 10.0 Å². The third kappa shape index (κ3) is 4.46. The topological polar surface area (TPSA) is 87.0 Å². The highest BCUT2D eigenvalue weighted by atomic mass is 79.9. The number of aromatic nitrogens is 1. The average Bonchev–Trinajstić information content (AvgIpc) is 2.72. The minimum absolute atomic E-state index is 0.0106. The Morgan fingerprint density at radius 2 is 1.96 bits per heavy atom. The van der Waals surface area contributed by atoms with Crippen LogP contribution in [0.2, 0.25) is 0 Å². The molecule has 2 N–H and O–H groups in total. The van der Waals surface area contributed by atoms with E-state index in [0.29, 0.717) is 50.5 Å². The number of ether oxygens (including phenoxy) is 1. The molecule has 1 aliphatic heterocycles. The third-order valence-corrected chi connectivity index (χ3v) is 5.34. The van der Waals surface area contributed by atoms with Crippen LogP contribution in [0.15, 0.2) is 47.1 Å². The lowest BCUT2D eigenvalue weighted by atomic mass is 9.73. The summed E-state index contributed by atoms with van der Waals surface area (Å²) in [5.74, 6) is 0.541. The highest BCUT2D eigenvalue weighted by molar-refractivity contribution is 9.10. The summed E-state index contributed by atoms with van der Waals surface area (Å²) in [4.78, 5) is 17.2. The number of rotatable bonds is 6. The Morgan fingerprint density at radius 3 is 2.67 bits per heavy atom. The molecule has 2 aromatic rings. The normalized spacial score (nSPS) is 15.6. The molecule has 2 heterocycles. The molecule has 27 heavy (non-hydrogen) atoms. The molecule has 1 aromatic carbocycles. The van der Waals surface area contributed by atoms with E-state index < -0.39 is 5.41 Å². The lowest BCUT2D eigenvalue weighted by Gasteiger charge is -2.36. The van der Waals surface area contributed by atoms with Gasteiger partial charge in [0.2, 0.25) is 5.91 Å². The number of carbonyl (C=O) groups excluding carboxylic acids is 1. The number of nitriles is 1. The van der Waals surface area contributed by atoms with Crippen LogP contribution in [0.4, 0.5) is 5.82 Å². The van der Waals surface area contributed by atoms with Gasteiger partial charge in [0.1, 0.15) is 11.9 Å². The Labute approximate surface area is 167 Å². The van der Waals surface area contributed by atoms with Gasteiger partial charge < -0.3 is 15.4 Å². The van der Waals surface area contributed by atoms with Gasteiger partial charge in [-0.25, -0.2) is 4.98 Å². The Bertz CT molecular complexity index is 827. The zero-order valence-electron chi connectivity index (χ0n) is 14.9. The van der Waals surface area contributed by atoms with E-state index in [1.165, 1.54) is 0 Å². The van der Waals surface area contributed by atoms with Gasteiger partial charge in [-0.2, -0.15) is 5.26 Å². The largest absolute Gasteiger partial charge is 0.381 e. The lowest BCUT2D eigenvalue weighted by molar-refractivity contribution is -0.130.